The van der Waals surface area contributed by atoms with Crippen LogP contribution in [0, 0.1) is 11.3 Å². The third-order valence-electron chi connectivity index (χ3n) is 2.63. The Labute approximate surface area is 126 Å². The van der Waals surface area contributed by atoms with Gasteiger partial charge in [0.1, 0.15) is 11.6 Å². The van der Waals surface area contributed by atoms with Crippen molar-refractivity contribution < 1.29 is 18.0 Å². The average molecular weight is 323 g/mol. The smallest absolute Gasteiger partial charge is 0.366 e. The van der Waals surface area contributed by atoms with Crippen molar-refractivity contribution in [2.24, 2.45) is 5.73 Å². The Morgan fingerprint density at radius 1 is 1.39 bits per heavy atom. The number of tetrazole rings is 1. The van der Waals surface area contributed by atoms with Crippen LogP contribution in [0.2, 0.25) is 0 Å². The Bertz CT molecular complexity index is 790. The van der Waals surface area contributed by atoms with Crippen LogP contribution in [0.15, 0.2) is 24.4 Å². The summed E-state index contributed by atoms with van der Waals surface area (Å²) < 4.78 is 38.5. The van der Waals surface area contributed by atoms with Gasteiger partial charge in [0.05, 0.1) is 5.56 Å². The molecular formula is C12H8F3N7O. The predicted molar refractivity (Wildman–Crippen MR) is 71.4 cm³/mol. The van der Waals surface area contributed by atoms with Crippen LogP contribution in [0.1, 0.15) is 21.7 Å². The number of amides is 1. The molecule has 0 spiro atoms. The largest absolute Gasteiger partial charge is 0.416 e. The highest BCUT2D eigenvalue weighted by molar-refractivity contribution is 5.94. The van der Waals surface area contributed by atoms with Gasteiger partial charge in [0.25, 0.3) is 0 Å². The topological polar surface area (TPSA) is 133 Å². The van der Waals surface area contributed by atoms with E-state index in [1.165, 1.54) is 0 Å². The summed E-state index contributed by atoms with van der Waals surface area (Å²) in [4.78, 5) is 11.1. The molecule has 0 aliphatic heterocycles. The second kappa shape index (κ2) is 6.14. The number of aromatic amines is 1. The number of nitrogens with two attached hydrogens (primary N) is 1. The van der Waals surface area contributed by atoms with E-state index in [2.05, 4.69) is 25.9 Å². The van der Waals surface area contributed by atoms with Crippen molar-refractivity contribution in [2.45, 2.75) is 6.18 Å². The first-order valence-corrected chi connectivity index (χ1v) is 5.94. The molecule has 2 rings (SSSR count). The maximum absolute atomic E-state index is 12.8. The van der Waals surface area contributed by atoms with Crippen molar-refractivity contribution in [3.8, 4) is 6.07 Å². The molecule has 2 aromatic rings. The molecule has 0 saturated carbocycles. The van der Waals surface area contributed by atoms with Crippen LogP contribution >= 0.6 is 0 Å². The van der Waals surface area contributed by atoms with E-state index in [4.69, 9.17) is 11.0 Å². The number of halogens is 3. The van der Waals surface area contributed by atoms with Crippen molar-refractivity contribution in [2.75, 3.05) is 5.32 Å². The standard InChI is InChI=1S/C12H8F3N7O/c13-12(14,15)8-1-6(10(17)23)2-9(3-8)18-5-7(4-16)11-19-21-22-20-11/h1-3,5,18H,(H2,17,23)(H,19,20,21,22). The molecule has 23 heavy (non-hydrogen) atoms. The Hall–Kier alpha value is -3.42. The van der Waals surface area contributed by atoms with Crippen molar-refractivity contribution in [3.05, 3.63) is 41.4 Å². The molecule has 0 unspecified atom stereocenters. The minimum Gasteiger partial charge on any atom is -0.366 e. The lowest BCUT2D eigenvalue weighted by Gasteiger charge is -2.11. The number of rotatable bonds is 4. The minimum atomic E-state index is -4.66. The number of nitrogens with zero attached hydrogens (tertiary/aromatic N) is 4. The molecule has 4 N–H and O–H groups in total. The predicted octanol–water partition coefficient (Wildman–Crippen LogP) is 1.29. The number of anilines is 1. The molecule has 0 radical (unpaired) electrons. The quantitative estimate of drug-likeness (QED) is 0.726. The number of allylic oxidation sites excluding steroid dienone is 1. The van der Waals surface area contributed by atoms with E-state index in [1.54, 1.807) is 6.07 Å². The molecule has 1 heterocycles. The molecule has 118 valence electrons. The fourth-order valence-electron chi connectivity index (χ4n) is 1.60. The highest BCUT2D eigenvalue weighted by Crippen LogP contribution is 2.32. The van der Waals surface area contributed by atoms with Crippen LogP contribution in [-0.2, 0) is 6.18 Å². The third kappa shape index (κ3) is 3.82. The summed E-state index contributed by atoms with van der Waals surface area (Å²) in [6, 6.07) is 4.29. The number of hydrogen-bond donors (Lipinski definition) is 3. The second-order valence-electron chi connectivity index (χ2n) is 4.21. The summed E-state index contributed by atoms with van der Waals surface area (Å²) >= 11 is 0. The fourth-order valence-corrected chi connectivity index (χ4v) is 1.60. The Balaban J connectivity index is 2.38. The van der Waals surface area contributed by atoms with Gasteiger partial charge in [-0.2, -0.15) is 23.6 Å². The van der Waals surface area contributed by atoms with Crippen molar-refractivity contribution >= 4 is 17.2 Å². The molecule has 0 fully saturated rings. The number of H-pyrrole nitrogens is 1. The van der Waals surface area contributed by atoms with E-state index < -0.39 is 17.6 Å². The fraction of sp³-hybridized carbons (Fsp3) is 0.0833. The van der Waals surface area contributed by atoms with Gasteiger partial charge in [-0.1, -0.05) is 0 Å². The number of benzene rings is 1. The van der Waals surface area contributed by atoms with Gasteiger partial charge in [0.2, 0.25) is 11.7 Å². The normalized spacial score (nSPS) is 11.8. The number of carbonyl (C=O) groups excluding carboxylic acids is 1. The molecule has 11 heteroatoms. The third-order valence-corrected chi connectivity index (χ3v) is 2.63. The summed E-state index contributed by atoms with van der Waals surface area (Å²) in [6.45, 7) is 0. The molecule has 0 saturated heterocycles. The van der Waals surface area contributed by atoms with E-state index >= 15 is 0 Å². The zero-order valence-electron chi connectivity index (χ0n) is 11.2. The Morgan fingerprint density at radius 3 is 2.65 bits per heavy atom. The molecule has 0 bridgehead atoms. The molecule has 0 aliphatic carbocycles. The zero-order valence-corrected chi connectivity index (χ0v) is 11.2. The number of nitriles is 1. The SMILES string of the molecule is N#CC(=CNc1cc(C(N)=O)cc(C(F)(F)F)c1)c1nn[nH]n1. The highest BCUT2D eigenvalue weighted by Gasteiger charge is 2.31. The number of carbonyl (C=O) groups is 1. The van der Waals surface area contributed by atoms with Gasteiger partial charge in [0, 0.05) is 17.5 Å². The van der Waals surface area contributed by atoms with Gasteiger partial charge >= 0.3 is 6.18 Å². The van der Waals surface area contributed by atoms with Crippen LogP contribution in [0.5, 0.6) is 0 Å². The van der Waals surface area contributed by atoms with Gasteiger partial charge in [-0.3, -0.25) is 4.79 Å². The summed E-state index contributed by atoms with van der Waals surface area (Å²) in [6.07, 6.45) is -3.57. The average Bonchev–Trinajstić information content (AvgIpc) is 3.01. The Morgan fingerprint density at radius 2 is 2.13 bits per heavy atom. The summed E-state index contributed by atoms with van der Waals surface area (Å²) in [5, 5.41) is 24.0. The van der Waals surface area contributed by atoms with Crippen LogP contribution in [0.25, 0.3) is 5.57 Å². The van der Waals surface area contributed by atoms with Gasteiger partial charge in [-0.25, -0.2) is 0 Å². The highest BCUT2D eigenvalue weighted by atomic mass is 19.4. The molecule has 1 amide bonds. The van der Waals surface area contributed by atoms with Gasteiger partial charge in [0.15, 0.2) is 0 Å². The summed E-state index contributed by atoms with van der Waals surface area (Å²) in [7, 11) is 0. The summed E-state index contributed by atoms with van der Waals surface area (Å²) in [5.41, 5.74) is 3.49. The minimum absolute atomic E-state index is 0.0397. The maximum atomic E-state index is 12.8. The van der Waals surface area contributed by atoms with Gasteiger partial charge < -0.3 is 11.1 Å². The van der Waals surface area contributed by atoms with Crippen molar-refractivity contribution in [3.63, 3.8) is 0 Å². The lowest BCUT2D eigenvalue weighted by Crippen LogP contribution is -2.14. The molecule has 8 nitrogen and oxygen atoms in total. The van der Waals surface area contributed by atoms with E-state index in [9.17, 15) is 18.0 Å². The first-order valence-electron chi connectivity index (χ1n) is 5.94. The second-order valence-corrected chi connectivity index (χ2v) is 4.21. The van der Waals surface area contributed by atoms with Crippen LogP contribution in [0.4, 0.5) is 18.9 Å². The number of alkyl halides is 3. The van der Waals surface area contributed by atoms with Gasteiger partial charge in [-0.15, -0.1) is 10.2 Å². The molecule has 0 aliphatic rings. The van der Waals surface area contributed by atoms with Gasteiger partial charge in [-0.05, 0) is 23.4 Å². The van der Waals surface area contributed by atoms with Crippen molar-refractivity contribution in [1.29, 1.82) is 5.26 Å². The van der Waals surface area contributed by atoms with E-state index in [0.717, 1.165) is 18.3 Å². The van der Waals surface area contributed by atoms with E-state index in [1.807, 2.05) is 0 Å². The number of hydrogen-bond acceptors (Lipinski definition) is 6. The lowest BCUT2D eigenvalue weighted by atomic mass is 10.1. The first kappa shape index (κ1) is 16.0. The Kier molecular flexibility index (Phi) is 4.26. The van der Waals surface area contributed by atoms with Crippen molar-refractivity contribution in [1.82, 2.24) is 20.6 Å². The van der Waals surface area contributed by atoms with Crippen LogP contribution < -0.4 is 11.1 Å². The van der Waals surface area contributed by atoms with Crippen LogP contribution in [-0.4, -0.2) is 26.5 Å². The first-order chi connectivity index (χ1) is 10.8. The zero-order chi connectivity index (χ0) is 17.0. The maximum Gasteiger partial charge on any atom is 0.416 e. The van der Waals surface area contributed by atoms with E-state index in [-0.39, 0.29) is 22.6 Å². The molecule has 0 atom stereocenters. The monoisotopic (exact) mass is 323 g/mol. The van der Waals surface area contributed by atoms with E-state index in [0.29, 0.717) is 6.07 Å². The van der Waals surface area contributed by atoms with Crippen LogP contribution in [0.3, 0.4) is 0 Å². The number of aromatic nitrogens is 4. The number of primary amides is 1. The lowest BCUT2D eigenvalue weighted by molar-refractivity contribution is -0.137. The molecular weight excluding hydrogens is 315 g/mol. The molecule has 1 aromatic heterocycles. The summed E-state index contributed by atoms with van der Waals surface area (Å²) in [5.74, 6) is -1.05. The number of nitrogens with one attached hydrogen (secondary N) is 2. The molecule has 1 aromatic carbocycles.